The number of anilines is 1. The molecule has 0 spiro atoms. The van der Waals surface area contributed by atoms with E-state index in [4.69, 9.17) is 4.74 Å². The molecule has 0 amide bonds. The van der Waals surface area contributed by atoms with Crippen LogP contribution in [0.15, 0.2) is 29.0 Å². The predicted octanol–water partition coefficient (Wildman–Crippen LogP) is 3.59. The van der Waals surface area contributed by atoms with Crippen LogP contribution in [-0.2, 0) is 6.54 Å². The Kier molecular flexibility index (Phi) is 4.01. The summed E-state index contributed by atoms with van der Waals surface area (Å²) in [4.78, 5) is 10.3. The zero-order chi connectivity index (χ0) is 13.8. The van der Waals surface area contributed by atoms with Crippen molar-refractivity contribution in [1.82, 2.24) is 0 Å². The number of hydrogen-bond acceptors (Lipinski definition) is 5. The van der Waals surface area contributed by atoms with E-state index in [1.54, 1.807) is 23.5 Å². The molecule has 6 heteroatoms. The Balaban J connectivity index is 2.13. The summed E-state index contributed by atoms with van der Waals surface area (Å²) in [6.07, 6.45) is 0. The summed E-state index contributed by atoms with van der Waals surface area (Å²) >= 11 is 1.66. The number of aryl methyl sites for hydroxylation is 1. The van der Waals surface area contributed by atoms with Crippen molar-refractivity contribution in [3.63, 3.8) is 0 Å². The molecular formula is C13H14N2O3S. The molecule has 2 aromatic rings. The van der Waals surface area contributed by atoms with Crippen molar-refractivity contribution in [1.29, 1.82) is 0 Å². The standard InChI is InChI=1S/C13H14N2O3S/c1-9-7-19-8-10(9)6-14-11-3-4-12(15(16)17)13(5-11)18-2/h3-5,7-8,14H,6H2,1-2H3. The van der Waals surface area contributed by atoms with Gasteiger partial charge in [-0.1, -0.05) is 0 Å². The molecule has 0 fully saturated rings. The third-order valence-corrected chi connectivity index (χ3v) is 3.73. The lowest BCUT2D eigenvalue weighted by Gasteiger charge is -2.08. The SMILES string of the molecule is COc1cc(NCc2cscc2C)ccc1[N+](=O)[O-]. The van der Waals surface area contributed by atoms with Crippen LogP contribution in [-0.4, -0.2) is 12.0 Å². The van der Waals surface area contributed by atoms with Crippen molar-refractivity contribution in [2.24, 2.45) is 0 Å². The van der Waals surface area contributed by atoms with Crippen molar-refractivity contribution in [2.45, 2.75) is 13.5 Å². The Labute approximate surface area is 115 Å². The van der Waals surface area contributed by atoms with Crippen molar-refractivity contribution < 1.29 is 9.66 Å². The van der Waals surface area contributed by atoms with Crippen LogP contribution < -0.4 is 10.1 Å². The highest BCUT2D eigenvalue weighted by molar-refractivity contribution is 7.08. The number of nitro benzene ring substituents is 1. The molecule has 0 bridgehead atoms. The Bertz CT molecular complexity index is 595. The minimum atomic E-state index is -0.453. The molecule has 0 saturated carbocycles. The molecule has 0 unspecified atom stereocenters. The normalized spacial score (nSPS) is 10.2. The molecule has 1 heterocycles. The van der Waals surface area contributed by atoms with Crippen molar-refractivity contribution in [3.8, 4) is 5.75 Å². The Morgan fingerprint density at radius 3 is 2.79 bits per heavy atom. The molecule has 5 nitrogen and oxygen atoms in total. The lowest BCUT2D eigenvalue weighted by atomic mass is 10.2. The molecular weight excluding hydrogens is 264 g/mol. The monoisotopic (exact) mass is 278 g/mol. The summed E-state index contributed by atoms with van der Waals surface area (Å²) < 4.78 is 5.03. The van der Waals surface area contributed by atoms with E-state index >= 15 is 0 Å². The fourth-order valence-corrected chi connectivity index (χ4v) is 2.56. The van der Waals surface area contributed by atoms with Gasteiger partial charge in [0.05, 0.1) is 12.0 Å². The Hall–Kier alpha value is -2.08. The smallest absolute Gasteiger partial charge is 0.311 e. The van der Waals surface area contributed by atoms with Gasteiger partial charge in [-0.25, -0.2) is 0 Å². The summed E-state index contributed by atoms with van der Waals surface area (Å²) in [6, 6.07) is 4.77. The minimum absolute atomic E-state index is 0.0280. The average molecular weight is 278 g/mol. The number of thiophene rings is 1. The average Bonchev–Trinajstić information content (AvgIpc) is 2.81. The maximum Gasteiger partial charge on any atom is 0.311 e. The highest BCUT2D eigenvalue weighted by Gasteiger charge is 2.14. The van der Waals surface area contributed by atoms with Crippen molar-refractivity contribution in [2.75, 3.05) is 12.4 Å². The number of benzene rings is 1. The first-order valence-electron chi connectivity index (χ1n) is 5.70. The Morgan fingerprint density at radius 2 is 2.21 bits per heavy atom. The zero-order valence-electron chi connectivity index (χ0n) is 10.7. The van der Waals surface area contributed by atoms with Crippen LogP contribution >= 0.6 is 11.3 Å². The van der Waals surface area contributed by atoms with Crippen LogP contribution in [0.25, 0.3) is 0 Å². The van der Waals surface area contributed by atoms with Crippen molar-refractivity contribution in [3.05, 3.63) is 50.2 Å². The van der Waals surface area contributed by atoms with E-state index in [9.17, 15) is 10.1 Å². The van der Waals surface area contributed by atoms with Gasteiger partial charge in [0.2, 0.25) is 0 Å². The molecule has 1 N–H and O–H groups in total. The van der Waals surface area contributed by atoms with Gasteiger partial charge in [-0.05, 0) is 34.9 Å². The summed E-state index contributed by atoms with van der Waals surface area (Å²) in [5.41, 5.74) is 3.24. The number of hydrogen-bond donors (Lipinski definition) is 1. The Morgan fingerprint density at radius 1 is 1.42 bits per heavy atom. The molecule has 1 aromatic heterocycles. The first-order chi connectivity index (χ1) is 9.11. The van der Waals surface area contributed by atoms with Gasteiger partial charge < -0.3 is 10.1 Å². The number of methoxy groups -OCH3 is 1. The molecule has 0 atom stereocenters. The summed E-state index contributed by atoms with van der Waals surface area (Å²) in [6.45, 7) is 2.75. The first kappa shape index (κ1) is 13.4. The molecule has 0 aliphatic rings. The van der Waals surface area contributed by atoms with Gasteiger partial charge in [0.15, 0.2) is 5.75 Å². The van der Waals surface area contributed by atoms with E-state index in [0.717, 1.165) is 5.69 Å². The lowest BCUT2D eigenvalue weighted by Crippen LogP contribution is -2.01. The maximum absolute atomic E-state index is 10.8. The third kappa shape index (κ3) is 3.03. The van der Waals surface area contributed by atoms with Crippen LogP contribution in [0.3, 0.4) is 0 Å². The second kappa shape index (κ2) is 5.71. The largest absolute Gasteiger partial charge is 0.490 e. The minimum Gasteiger partial charge on any atom is -0.490 e. The molecule has 19 heavy (non-hydrogen) atoms. The van der Waals surface area contributed by atoms with Gasteiger partial charge in [0, 0.05) is 24.4 Å². The van der Waals surface area contributed by atoms with Gasteiger partial charge >= 0.3 is 5.69 Å². The zero-order valence-corrected chi connectivity index (χ0v) is 11.5. The van der Waals surface area contributed by atoms with Crippen LogP contribution in [0, 0.1) is 17.0 Å². The molecule has 2 rings (SSSR count). The van der Waals surface area contributed by atoms with E-state index in [-0.39, 0.29) is 11.4 Å². The highest BCUT2D eigenvalue weighted by Crippen LogP contribution is 2.30. The summed E-state index contributed by atoms with van der Waals surface area (Å²) in [7, 11) is 1.43. The summed E-state index contributed by atoms with van der Waals surface area (Å²) in [5, 5.41) is 18.2. The number of ether oxygens (including phenoxy) is 1. The highest BCUT2D eigenvalue weighted by atomic mass is 32.1. The molecule has 0 aliphatic carbocycles. The van der Waals surface area contributed by atoms with E-state index in [1.807, 2.05) is 0 Å². The van der Waals surface area contributed by atoms with Crippen molar-refractivity contribution >= 4 is 22.7 Å². The molecule has 1 aromatic carbocycles. The number of nitro groups is 1. The van der Waals surface area contributed by atoms with Gasteiger partial charge in [0.1, 0.15) is 0 Å². The number of nitrogens with one attached hydrogen (secondary N) is 1. The lowest BCUT2D eigenvalue weighted by molar-refractivity contribution is -0.385. The second-order valence-corrected chi connectivity index (χ2v) is 4.82. The van der Waals surface area contributed by atoms with Gasteiger partial charge in [0.25, 0.3) is 0 Å². The third-order valence-electron chi connectivity index (χ3n) is 2.82. The topological polar surface area (TPSA) is 64.4 Å². The summed E-state index contributed by atoms with van der Waals surface area (Å²) in [5.74, 6) is 0.261. The second-order valence-electron chi connectivity index (χ2n) is 4.08. The van der Waals surface area contributed by atoms with Gasteiger partial charge in [-0.2, -0.15) is 11.3 Å². The van der Waals surface area contributed by atoms with E-state index in [1.165, 1.54) is 24.3 Å². The van der Waals surface area contributed by atoms with E-state index < -0.39 is 4.92 Å². The van der Waals surface area contributed by atoms with Crippen LogP contribution in [0.2, 0.25) is 0 Å². The number of nitrogens with zero attached hydrogens (tertiary/aromatic N) is 1. The predicted molar refractivity (Wildman–Crippen MR) is 76.0 cm³/mol. The molecule has 0 saturated heterocycles. The quantitative estimate of drug-likeness (QED) is 0.670. The fourth-order valence-electron chi connectivity index (χ4n) is 1.70. The first-order valence-corrected chi connectivity index (χ1v) is 6.64. The van der Waals surface area contributed by atoms with Crippen LogP contribution in [0.5, 0.6) is 5.75 Å². The van der Waals surface area contributed by atoms with E-state index in [2.05, 4.69) is 23.0 Å². The van der Waals surface area contributed by atoms with Gasteiger partial charge in [-0.15, -0.1) is 0 Å². The maximum atomic E-state index is 10.8. The van der Waals surface area contributed by atoms with Gasteiger partial charge in [-0.3, -0.25) is 10.1 Å². The van der Waals surface area contributed by atoms with E-state index in [0.29, 0.717) is 6.54 Å². The fraction of sp³-hybridized carbons (Fsp3) is 0.231. The van der Waals surface area contributed by atoms with Crippen LogP contribution in [0.4, 0.5) is 11.4 Å². The van der Waals surface area contributed by atoms with Crippen LogP contribution in [0.1, 0.15) is 11.1 Å². The number of rotatable bonds is 5. The molecule has 0 radical (unpaired) electrons. The molecule has 100 valence electrons. The molecule has 0 aliphatic heterocycles.